The summed E-state index contributed by atoms with van der Waals surface area (Å²) >= 11 is 0. The van der Waals surface area contributed by atoms with Crippen LogP contribution < -0.4 is 5.14 Å². The molecule has 1 rings (SSSR count). The second-order valence-electron chi connectivity index (χ2n) is 2.99. The molecule has 0 heterocycles. The number of primary sulfonamides is 1. The molecule has 1 unspecified atom stereocenters. The van der Waals surface area contributed by atoms with Gasteiger partial charge >= 0.3 is 0 Å². The molecule has 0 aliphatic heterocycles. The zero-order valence-corrected chi connectivity index (χ0v) is 6.89. The third-order valence-corrected chi connectivity index (χ3v) is 3.75. The highest BCUT2D eigenvalue weighted by Crippen LogP contribution is 2.31. The third-order valence-electron chi connectivity index (χ3n) is 2.33. The first-order valence-electron chi connectivity index (χ1n) is 3.53. The van der Waals surface area contributed by atoms with E-state index in [0.29, 0.717) is 5.92 Å². The molecular formula is C6H13NO2S. The summed E-state index contributed by atoms with van der Waals surface area (Å²) < 4.78 is 21.5. The summed E-state index contributed by atoms with van der Waals surface area (Å²) in [4.78, 5) is 0. The average molecular weight is 163 g/mol. The van der Waals surface area contributed by atoms with Crippen molar-refractivity contribution in [2.24, 2.45) is 11.1 Å². The van der Waals surface area contributed by atoms with E-state index in [1.807, 2.05) is 0 Å². The van der Waals surface area contributed by atoms with Crippen LogP contribution in [0.1, 0.15) is 26.2 Å². The summed E-state index contributed by atoms with van der Waals surface area (Å²) in [5.41, 5.74) is 0. The highest BCUT2D eigenvalue weighted by molar-refractivity contribution is 7.89. The molecule has 4 heteroatoms. The van der Waals surface area contributed by atoms with Crippen LogP contribution in [0.4, 0.5) is 0 Å². The fourth-order valence-corrected chi connectivity index (χ4v) is 1.99. The Balaban J connectivity index is 2.56. The molecule has 1 fully saturated rings. The summed E-state index contributed by atoms with van der Waals surface area (Å²) in [5.74, 6) is 0.329. The van der Waals surface area contributed by atoms with Crippen molar-refractivity contribution < 1.29 is 8.42 Å². The molecule has 10 heavy (non-hydrogen) atoms. The Hall–Kier alpha value is -0.0900. The van der Waals surface area contributed by atoms with Crippen LogP contribution in [0.3, 0.4) is 0 Å². The standard InChI is InChI=1S/C6H13NO2S/c1-5(10(7,8)9)6-3-2-4-6/h5-6H,2-4H2,1H3,(H2,7,8,9). The summed E-state index contributed by atoms with van der Waals surface area (Å²) in [5, 5.41) is 4.63. The lowest BCUT2D eigenvalue weighted by molar-refractivity contribution is 0.307. The Bertz CT molecular complexity index is 206. The summed E-state index contributed by atoms with van der Waals surface area (Å²) in [7, 11) is -3.26. The van der Waals surface area contributed by atoms with Crippen molar-refractivity contribution in [3.63, 3.8) is 0 Å². The van der Waals surface area contributed by atoms with Gasteiger partial charge in [0.15, 0.2) is 0 Å². The van der Waals surface area contributed by atoms with Crippen LogP contribution in [-0.4, -0.2) is 13.7 Å². The second kappa shape index (κ2) is 2.51. The molecule has 1 aliphatic rings. The Morgan fingerprint density at radius 1 is 1.50 bits per heavy atom. The maximum Gasteiger partial charge on any atom is 0.211 e. The Kier molecular flexibility index (Phi) is 2.01. The van der Waals surface area contributed by atoms with Gasteiger partial charge < -0.3 is 0 Å². The minimum absolute atomic E-state index is 0.329. The van der Waals surface area contributed by atoms with E-state index in [9.17, 15) is 8.42 Å². The van der Waals surface area contributed by atoms with Crippen molar-refractivity contribution in [3.8, 4) is 0 Å². The van der Waals surface area contributed by atoms with E-state index in [1.165, 1.54) is 0 Å². The van der Waals surface area contributed by atoms with Crippen molar-refractivity contribution in [2.45, 2.75) is 31.4 Å². The second-order valence-corrected chi connectivity index (χ2v) is 4.91. The van der Waals surface area contributed by atoms with Gasteiger partial charge in [0.25, 0.3) is 0 Å². The van der Waals surface area contributed by atoms with Gasteiger partial charge in [-0.05, 0) is 25.7 Å². The highest BCUT2D eigenvalue weighted by Gasteiger charge is 2.30. The van der Waals surface area contributed by atoms with Crippen molar-refractivity contribution in [1.82, 2.24) is 0 Å². The maximum atomic E-state index is 10.7. The molecule has 0 aromatic heterocycles. The van der Waals surface area contributed by atoms with E-state index in [1.54, 1.807) is 6.92 Å². The van der Waals surface area contributed by atoms with Gasteiger partial charge in [0.1, 0.15) is 0 Å². The minimum atomic E-state index is -3.26. The van der Waals surface area contributed by atoms with E-state index in [2.05, 4.69) is 0 Å². The fourth-order valence-electron chi connectivity index (χ4n) is 1.18. The number of sulfonamides is 1. The minimum Gasteiger partial charge on any atom is -0.228 e. The van der Waals surface area contributed by atoms with Gasteiger partial charge in [-0.15, -0.1) is 0 Å². The molecule has 1 saturated carbocycles. The van der Waals surface area contributed by atoms with Crippen molar-refractivity contribution >= 4 is 10.0 Å². The molecule has 60 valence electrons. The van der Waals surface area contributed by atoms with Crippen LogP contribution in [0.25, 0.3) is 0 Å². The van der Waals surface area contributed by atoms with Gasteiger partial charge in [-0.2, -0.15) is 0 Å². The lowest BCUT2D eigenvalue weighted by Crippen LogP contribution is -2.35. The average Bonchev–Trinajstić information content (AvgIpc) is 1.57. The van der Waals surface area contributed by atoms with E-state index < -0.39 is 10.0 Å². The van der Waals surface area contributed by atoms with Gasteiger partial charge in [-0.3, -0.25) is 0 Å². The predicted octanol–water partition coefficient (Wildman–Crippen LogP) is 0.464. The quantitative estimate of drug-likeness (QED) is 0.643. The molecule has 1 atom stereocenters. The summed E-state index contributed by atoms with van der Waals surface area (Å²) in [6, 6.07) is 0. The Labute approximate surface area is 61.7 Å². The fraction of sp³-hybridized carbons (Fsp3) is 1.00. The molecule has 2 N–H and O–H groups in total. The smallest absolute Gasteiger partial charge is 0.211 e. The zero-order valence-electron chi connectivity index (χ0n) is 6.08. The first-order valence-corrected chi connectivity index (χ1v) is 5.14. The van der Waals surface area contributed by atoms with Gasteiger partial charge in [0, 0.05) is 0 Å². The zero-order chi connectivity index (χ0) is 7.78. The van der Waals surface area contributed by atoms with Crippen LogP contribution in [0.2, 0.25) is 0 Å². The van der Waals surface area contributed by atoms with Crippen molar-refractivity contribution in [1.29, 1.82) is 0 Å². The van der Waals surface area contributed by atoms with Gasteiger partial charge in [0.2, 0.25) is 10.0 Å². The first-order chi connectivity index (χ1) is 4.52. The van der Waals surface area contributed by atoms with Crippen LogP contribution in [-0.2, 0) is 10.0 Å². The SMILES string of the molecule is CC(C1CCC1)S(N)(=O)=O. The number of rotatable bonds is 2. The van der Waals surface area contributed by atoms with E-state index >= 15 is 0 Å². The van der Waals surface area contributed by atoms with E-state index in [-0.39, 0.29) is 5.25 Å². The Morgan fingerprint density at radius 2 is 2.00 bits per heavy atom. The van der Waals surface area contributed by atoms with Gasteiger partial charge in [-0.1, -0.05) is 6.42 Å². The highest BCUT2D eigenvalue weighted by atomic mass is 32.2. The molecule has 0 bridgehead atoms. The molecule has 3 nitrogen and oxygen atoms in total. The molecule has 0 aromatic rings. The molecule has 0 radical (unpaired) electrons. The number of hydrogen-bond acceptors (Lipinski definition) is 2. The van der Waals surface area contributed by atoms with Crippen LogP contribution in [0.5, 0.6) is 0 Å². The molecule has 1 aliphatic carbocycles. The van der Waals surface area contributed by atoms with Crippen molar-refractivity contribution in [2.75, 3.05) is 0 Å². The summed E-state index contributed by atoms with van der Waals surface area (Å²) in [6.07, 6.45) is 3.21. The molecular weight excluding hydrogens is 150 g/mol. The first kappa shape index (κ1) is 8.01. The monoisotopic (exact) mass is 163 g/mol. The van der Waals surface area contributed by atoms with Crippen LogP contribution in [0, 0.1) is 5.92 Å². The van der Waals surface area contributed by atoms with Crippen LogP contribution >= 0.6 is 0 Å². The van der Waals surface area contributed by atoms with E-state index in [4.69, 9.17) is 5.14 Å². The summed E-state index contributed by atoms with van der Waals surface area (Å²) in [6.45, 7) is 1.69. The topological polar surface area (TPSA) is 60.2 Å². The predicted molar refractivity (Wildman–Crippen MR) is 39.9 cm³/mol. The van der Waals surface area contributed by atoms with Gasteiger partial charge in [0.05, 0.1) is 5.25 Å². The molecule has 0 aromatic carbocycles. The van der Waals surface area contributed by atoms with Gasteiger partial charge in [-0.25, -0.2) is 13.6 Å². The molecule has 0 amide bonds. The van der Waals surface area contributed by atoms with Crippen LogP contribution in [0.15, 0.2) is 0 Å². The van der Waals surface area contributed by atoms with E-state index in [0.717, 1.165) is 19.3 Å². The normalized spacial score (nSPS) is 23.8. The Morgan fingerprint density at radius 3 is 2.10 bits per heavy atom. The lowest BCUT2D eigenvalue weighted by Gasteiger charge is -2.29. The number of nitrogens with two attached hydrogens (primary N) is 1. The third kappa shape index (κ3) is 1.49. The maximum absolute atomic E-state index is 10.7. The molecule has 0 saturated heterocycles. The van der Waals surface area contributed by atoms with Crippen molar-refractivity contribution in [3.05, 3.63) is 0 Å². The largest absolute Gasteiger partial charge is 0.228 e. The lowest BCUT2D eigenvalue weighted by atomic mass is 9.83. The number of hydrogen-bond donors (Lipinski definition) is 1. The molecule has 0 spiro atoms.